The summed E-state index contributed by atoms with van der Waals surface area (Å²) in [5.74, 6) is 0.678. The van der Waals surface area contributed by atoms with E-state index in [9.17, 15) is 8.42 Å². The largest absolute Gasteiger partial charge is 0.360 e. The summed E-state index contributed by atoms with van der Waals surface area (Å²) in [6, 6.07) is -0.186. The Morgan fingerprint density at radius 2 is 2.11 bits per heavy atom. The first-order valence-electron chi connectivity index (χ1n) is 5.61. The third kappa shape index (κ3) is 3.03. The van der Waals surface area contributed by atoms with E-state index < -0.39 is 10.0 Å². The lowest BCUT2D eigenvalue weighted by Crippen LogP contribution is -2.41. The first-order chi connectivity index (χ1) is 7.95. The molecule has 18 heavy (non-hydrogen) atoms. The highest BCUT2D eigenvalue weighted by Crippen LogP contribution is 2.33. The maximum atomic E-state index is 12.2. The molecule has 1 fully saturated rings. The quantitative estimate of drug-likeness (QED) is 0.834. The van der Waals surface area contributed by atoms with E-state index in [1.54, 1.807) is 13.8 Å². The molecule has 8 heteroatoms. The molecule has 0 aliphatic heterocycles. The van der Waals surface area contributed by atoms with Crippen LogP contribution in [0.3, 0.4) is 0 Å². The number of rotatable bonds is 5. The van der Waals surface area contributed by atoms with Crippen molar-refractivity contribution in [3.05, 3.63) is 11.5 Å². The van der Waals surface area contributed by atoms with Crippen molar-refractivity contribution in [3.63, 3.8) is 0 Å². The van der Waals surface area contributed by atoms with Crippen LogP contribution < -0.4 is 10.5 Å². The second kappa shape index (κ2) is 5.56. The molecule has 1 aliphatic carbocycles. The number of hydrogen-bond acceptors (Lipinski definition) is 5. The molecular formula is C10H18ClN3O3S. The predicted molar refractivity (Wildman–Crippen MR) is 69.1 cm³/mol. The minimum atomic E-state index is -3.58. The van der Waals surface area contributed by atoms with E-state index in [0.29, 0.717) is 23.9 Å². The fourth-order valence-electron chi connectivity index (χ4n) is 1.95. The number of hydrogen-bond donors (Lipinski definition) is 2. The van der Waals surface area contributed by atoms with Crippen molar-refractivity contribution < 1.29 is 12.9 Å². The Hall–Kier alpha value is -0.630. The van der Waals surface area contributed by atoms with E-state index in [2.05, 4.69) is 9.88 Å². The molecular weight excluding hydrogens is 278 g/mol. The van der Waals surface area contributed by atoms with Gasteiger partial charge in [-0.3, -0.25) is 0 Å². The van der Waals surface area contributed by atoms with Crippen LogP contribution in [-0.2, 0) is 10.0 Å². The number of sulfonamides is 1. The van der Waals surface area contributed by atoms with E-state index in [4.69, 9.17) is 10.3 Å². The number of aromatic nitrogens is 1. The van der Waals surface area contributed by atoms with Gasteiger partial charge in [-0.1, -0.05) is 5.16 Å². The fourth-order valence-corrected chi connectivity index (χ4v) is 3.60. The Morgan fingerprint density at radius 3 is 2.50 bits per heavy atom. The summed E-state index contributed by atoms with van der Waals surface area (Å²) in [5, 5.41) is 3.65. The van der Waals surface area contributed by atoms with Crippen molar-refractivity contribution in [2.45, 2.75) is 37.6 Å². The lowest BCUT2D eigenvalue weighted by atomic mass is 10.2. The zero-order chi connectivity index (χ0) is 12.6. The molecule has 2 rings (SSSR count). The summed E-state index contributed by atoms with van der Waals surface area (Å²) < 4.78 is 31.8. The summed E-state index contributed by atoms with van der Waals surface area (Å²) in [7, 11) is -3.58. The SMILES string of the molecule is Cc1noc(C)c1S(=O)(=O)NC(CN)C1CC1.Cl. The van der Waals surface area contributed by atoms with E-state index >= 15 is 0 Å². The van der Waals surface area contributed by atoms with Gasteiger partial charge in [0, 0.05) is 12.6 Å². The first-order valence-corrected chi connectivity index (χ1v) is 7.09. The lowest BCUT2D eigenvalue weighted by molar-refractivity contribution is 0.390. The molecule has 6 nitrogen and oxygen atoms in total. The van der Waals surface area contributed by atoms with Gasteiger partial charge >= 0.3 is 0 Å². The van der Waals surface area contributed by atoms with Crippen LogP contribution in [0.15, 0.2) is 9.42 Å². The van der Waals surface area contributed by atoms with Crippen LogP contribution in [0.2, 0.25) is 0 Å². The third-order valence-electron chi connectivity index (χ3n) is 2.99. The molecule has 0 amide bonds. The van der Waals surface area contributed by atoms with Crippen molar-refractivity contribution in [2.24, 2.45) is 11.7 Å². The van der Waals surface area contributed by atoms with Crippen molar-refractivity contribution in [1.29, 1.82) is 0 Å². The average molecular weight is 296 g/mol. The maximum Gasteiger partial charge on any atom is 0.246 e. The van der Waals surface area contributed by atoms with Crippen molar-refractivity contribution in [3.8, 4) is 0 Å². The van der Waals surface area contributed by atoms with Gasteiger partial charge in [-0.15, -0.1) is 12.4 Å². The van der Waals surface area contributed by atoms with Crippen LogP contribution in [-0.4, -0.2) is 26.2 Å². The smallest absolute Gasteiger partial charge is 0.246 e. The second-order valence-electron chi connectivity index (χ2n) is 4.45. The van der Waals surface area contributed by atoms with Crippen LogP contribution in [0.1, 0.15) is 24.3 Å². The molecule has 0 aromatic carbocycles. The van der Waals surface area contributed by atoms with Crippen molar-refractivity contribution in [1.82, 2.24) is 9.88 Å². The topological polar surface area (TPSA) is 98.2 Å². The first kappa shape index (κ1) is 15.4. The molecule has 1 atom stereocenters. The number of nitrogens with two attached hydrogens (primary N) is 1. The number of halogens is 1. The Kier molecular flexibility index (Phi) is 4.77. The Balaban J connectivity index is 0.00000162. The highest BCUT2D eigenvalue weighted by molar-refractivity contribution is 7.89. The van der Waals surface area contributed by atoms with Crippen LogP contribution in [0.4, 0.5) is 0 Å². The van der Waals surface area contributed by atoms with Gasteiger partial charge < -0.3 is 10.3 Å². The molecule has 1 unspecified atom stereocenters. The number of nitrogens with one attached hydrogen (secondary N) is 1. The minimum absolute atomic E-state index is 0. The molecule has 104 valence electrons. The Labute approximate surface area is 113 Å². The van der Waals surface area contributed by atoms with E-state index in [0.717, 1.165) is 12.8 Å². The van der Waals surface area contributed by atoms with Crippen molar-refractivity contribution >= 4 is 22.4 Å². The van der Waals surface area contributed by atoms with Gasteiger partial charge in [0.1, 0.15) is 10.6 Å². The van der Waals surface area contributed by atoms with Crippen LogP contribution >= 0.6 is 12.4 Å². The molecule has 0 bridgehead atoms. The molecule has 3 N–H and O–H groups in total. The molecule has 0 radical (unpaired) electrons. The predicted octanol–water partition coefficient (Wildman–Crippen LogP) is 0.729. The number of aryl methyl sites for hydroxylation is 2. The standard InChI is InChI=1S/C10H17N3O3S.ClH/c1-6-10(7(2)16-12-6)17(14,15)13-9(5-11)8-3-4-8;/h8-9,13H,3-5,11H2,1-2H3;1H. The van der Waals surface area contributed by atoms with Crippen molar-refractivity contribution in [2.75, 3.05) is 6.54 Å². The van der Waals surface area contributed by atoms with Gasteiger partial charge in [-0.25, -0.2) is 13.1 Å². The second-order valence-corrected chi connectivity index (χ2v) is 6.11. The van der Waals surface area contributed by atoms with Gasteiger partial charge in [0.05, 0.1) is 0 Å². The average Bonchev–Trinajstić information content (AvgIpc) is 3.02. The Morgan fingerprint density at radius 1 is 1.50 bits per heavy atom. The minimum Gasteiger partial charge on any atom is -0.360 e. The molecule has 1 saturated carbocycles. The normalized spacial score (nSPS) is 17.3. The number of nitrogens with zero attached hydrogens (tertiary/aromatic N) is 1. The summed E-state index contributed by atoms with van der Waals surface area (Å²) >= 11 is 0. The van der Waals surface area contributed by atoms with E-state index in [-0.39, 0.29) is 23.3 Å². The summed E-state index contributed by atoms with van der Waals surface area (Å²) in [5.41, 5.74) is 5.96. The lowest BCUT2D eigenvalue weighted by Gasteiger charge is -2.15. The summed E-state index contributed by atoms with van der Waals surface area (Å²) in [6.45, 7) is 3.51. The zero-order valence-corrected chi connectivity index (χ0v) is 12.0. The van der Waals surface area contributed by atoms with E-state index in [1.165, 1.54) is 0 Å². The summed E-state index contributed by atoms with van der Waals surface area (Å²) in [4.78, 5) is 0.136. The highest BCUT2D eigenvalue weighted by atomic mass is 35.5. The third-order valence-corrected chi connectivity index (χ3v) is 4.72. The molecule has 0 spiro atoms. The fraction of sp³-hybridized carbons (Fsp3) is 0.700. The Bertz CT molecular complexity index is 491. The summed E-state index contributed by atoms with van der Waals surface area (Å²) in [6.07, 6.45) is 2.07. The van der Waals surface area contributed by atoms with Gasteiger partial charge in [-0.05, 0) is 32.6 Å². The van der Waals surface area contributed by atoms with Gasteiger partial charge in [0.2, 0.25) is 10.0 Å². The molecule has 0 saturated heterocycles. The van der Waals surface area contributed by atoms with Crippen LogP contribution in [0.5, 0.6) is 0 Å². The highest BCUT2D eigenvalue weighted by Gasteiger charge is 2.35. The van der Waals surface area contributed by atoms with E-state index in [1.807, 2.05) is 0 Å². The van der Waals surface area contributed by atoms with Crippen LogP contribution in [0.25, 0.3) is 0 Å². The van der Waals surface area contributed by atoms with Crippen LogP contribution in [0, 0.1) is 19.8 Å². The van der Waals surface area contributed by atoms with Gasteiger partial charge in [0.25, 0.3) is 0 Å². The van der Waals surface area contributed by atoms with Gasteiger partial charge in [0.15, 0.2) is 5.76 Å². The monoisotopic (exact) mass is 295 g/mol. The molecule has 1 aromatic rings. The van der Waals surface area contributed by atoms with Gasteiger partial charge in [-0.2, -0.15) is 0 Å². The molecule has 1 heterocycles. The molecule has 1 aliphatic rings. The zero-order valence-electron chi connectivity index (χ0n) is 10.3. The molecule has 1 aromatic heterocycles. The maximum absolute atomic E-state index is 12.2.